The molecule has 0 amide bonds. The van der Waals surface area contributed by atoms with E-state index < -0.39 is 0 Å². The van der Waals surface area contributed by atoms with Crippen LogP contribution in [-0.2, 0) is 0 Å². The number of rotatable bonds is 8. The number of unbranched alkanes of at least 4 members (excludes halogenated alkanes) is 1. The van der Waals surface area contributed by atoms with E-state index >= 15 is 0 Å². The van der Waals surface area contributed by atoms with Crippen LogP contribution < -0.4 is 11.1 Å². The molecule has 4 nitrogen and oxygen atoms in total. The summed E-state index contributed by atoms with van der Waals surface area (Å²) >= 11 is 4.92. The largest absolute Gasteiger partial charge is 0.388 e. The zero-order valence-corrected chi connectivity index (χ0v) is 12.0. The Morgan fingerprint density at radius 3 is 2.78 bits per heavy atom. The molecule has 0 saturated carbocycles. The molecule has 0 bridgehead atoms. The Hall–Kier alpha value is -1.23. The van der Waals surface area contributed by atoms with Gasteiger partial charge in [-0.3, -0.25) is 0 Å². The number of anilines is 1. The van der Waals surface area contributed by atoms with Crippen molar-refractivity contribution < 1.29 is 0 Å². The lowest BCUT2D eigenvalue weighted by Gasteiger charge is -2.17. The summed E-state index contributed by atoms with van der Waals surface area (Å²) in [7, 11) is 0. The van der Waals surface area contributed by atoms with Gasteiger partial charge in [0, 0.05) is 12.2 Å². The smallest absolute Gasteiger partial charge is 0.223 e. The number of aromatic nitrogens is 2. The molecule has 1 unspecified atom stereocenters. The molecule has 1 aromatic rings. The van der Waals surface area contributed by atoms with Crippen molar-refractivity contribution >= 4 is 23.2 Å². The standard InChI is InChI=1S/C13H22N4S/c1-3-5-7-10(6-4-2)16-13-15-9-8-11(17-13)12(14)18/h8-10H,3-7H2,1-2H3,(H2,14,18)(H,15,16,17). The van der Waals surface area contributed by atoms with Crippen molar-refractivity contribution in [2.75, 3.05) is 5.32 Å². The SMILES string of the molecule is CCCCC(CCC)Nc1nccc(C(N)=S)n1. The molecule has 0 aliphatic rings. The highest BCUT2D eigenvalue weighted by atomic mass is 32.1. The minimum absolute atomic E-state index is 0.307. The van der Waals surface area contributed by atoms with Gasteiger partial charge in [-0.05, 0) is 18.9 Å². The number of hydrogen-bond acceptors (Lipinski definition) is 4. The van der Waals surface area contributed by atoms with Gasteiger partial charge in [-0.2, -0.15) is 0 Å². The topological polar surface area (TPSA) is 63.8 Å². The molecular formula is C13H22N4S. The Labute approximate surface area is 114 Å². The van der Waals surface area contributed by atoms with E-state index in [4.69, 9.17) is 18.0 Å². The Balaban J connectivity index is 2.67. The Kier molecular flexibility index (Phi) is 6.57. The van der Waals surface area contributed by atoms with Crippen molar-refractivity contribution in [2.45, 2.75) is 52.0 Å². The summed E-state index contributed by atoms with van der Waals surface area (Å²) in [6.07, 6.45) is 7.52. The molecule has 0 saturated heterocycles. The molecule has 1 heterocycles. The van der Waals surface area contributed by atoms with E-state index in [-0.39, 0.29) is 0 Å². The zero-order chi connectivity index (χ0) is 13.4. The first-order valence-corrected chi connectivity index (χ1v) is 6.97. The van der Waals surface area contributed by atoms with Crippen LogP contribution in [0.5, 0.6) is 0 Å². The highest BCUT2D eigenvalue weighted by Gasteiger charge is 2.09. The second kappa shape index (κ2) is 7.97. The number of hydrogen-bond donors (Lipinski definition) is 2. The predicted molar refractivity (Wildman–Crippen MR) is 79.8 cm³/mol. The lowest BCUT2D eigenvalue weighted by molar-refractivity contribution is 0.561. The zero-order valence-electron chi connectivity index (χ0n) is 11.1. The third kappa shape index (κ3) is 4.96. The molecule has 0 aliphatic carbocycles. The summed E-state index contributed by atoms with van der Waals surface area (Å²) in [6, 6.07) is 2.16. The van der Waals surface area contributed by atoms with Crippen LogP contribution in [-0.4, -0.2) is 21.0 Å². The van der Waals surface area contributed by atoms with E-state index in [1.165, 1.54) is 12.8 Å². The van der Waals surface area contributed by atoms with Crippen molar-refractivity contribution in [3.05, 3.63) is 18.0 Å². The first kappa shape index (κ1) is 14.8. The van der Waals surface area contributed by atoms with Crippen LogP contribution in [0, 0.1) is 0 Å². The van der Waals surface area contributed by atoms with Crippen molar-refractivity contribution in [1.29, 1.82) is 0 Å². The molecule has 100 valence electrons. The van der Waals surface area contributed by atoms with Crippen LogP contribution >= 0.6 is 12.2 Å². The van der Waals surface area contributed by atoms with Crippen LogP contribution in [0.15, 0.2) is 12.3 Å². The third-order valence-corrected chi connectivity index (χ3v) is 2.99. The van der Waals surface area contributed by atoms with E-state index in [1.54, 1.807) is 12.3 Å². The molecule has 0 aliphatic heterocycles. The van der Waals surface area contributed by atoms with Gasteiger partial charge in [0.2, 0.25) is 5.95 Å². The molecule has 3 N–H and O–H groups in total. The predicted octanol–water partition coefficient (Wildman–Crippen LogP) is 2.88. The number of thiocarbonyl (C=S) groups is 1. The first-order chi connectivity index (χ1) is 8.67. The Morgan fingerprint density at radius 2 is 2.17 bits per heavy atom. The average molecular weight is 266 g/mol. The van der Waals surface area contributed by atoms with Gasteiger partial charge in [-0.1, -0.05) is 45.3 Å². The summed E-state index contributed by atoms with van der Waals surface area (Å²) in [5.41, 5.74) is 6.18. The minimum Gasteiger partial charge on any atom is -0.388 e. The molecule has 1 rings (SSSR count). The van der Waals surface area contributed by atoms with Crippen LogP contribution in [0.4, 0.5) is 5.95 Å². The van der Waals surface area contributed by atoms with Gasteiger partial charge in [0.25, 0.3) is 0 Å². The lowest BCUT2D eigenvalue weighted by atomic mass is 10.1. The third-order valence-electron chi connectivity index (χ3n) is 2.78. The molecule has 0 spiro atoms. The number of nitrogens with one attached hydrogen (secondary N) is 1. The summed E-state index contributed by atoms with van der Waals surface area (Å²) in [5.74, 6) is 0.620. The maximum absolute atomic E-state index is 5.57. The van der Waals surface area contributed by atoms with Crippen LogP contribution in [0.1, 0.15) is 51.6 Å². The fourth-order valence-corrected chi connectivity index (χ4v) is 1.95. The Bertz CT molecular complexity index is 381. The van der Waals surface area contributed by atoms with Crippen molar-refractivity contribution in [1.82, 2.24) is 9.97 Å². The maximum atomic E-state index is 5.57. The van der Waals surface area contributed by atoms with Gasteiger partial charge in [0.1, 0.15) is 10.7 Å². The number of nitrogens with two attached hydrogens (primary N) is 1. The summed E-state index contributed by atoms with van der Waals surface area (Å²) in [5, 5.41) is 3.37. The van der Waals surface area contributed by atoms with E-state index in [9.17, 15) is 0 Å². The molecule has 1 atom stereocenters. The lowest BCUT2D eigenvalue weighted by Crippen LogP contribution is -2.22. The van der Waals surface area contributed by atoms with Crippen molar-refractivity contribution in [3.63, 3.8) is 0 Å². The maximum Gasteiger partial charge on any atom is 0.223 e. The fraction of sp³-hybridized carbons (Fsp3) is 0.615. The highest BCUT2D eigenvalue weighted by Crippen LogP contribution is 2.12. The summed E-state index contributed by atoms with van der Waals surface area (Å²) < 4.78 is 0. The first-order valence-electron chi connectivity index (χ1n) is 6.56. The minimum atomic E-state index is 0.307. The Morgan fingerprint density at radius 1 is 1.39 bits per heavy atom. The van der Waals surface area contributed by atoms with Gasteiger partial charge >= 0.3 is 0 Å². The highest BCUT2D eigenvalue weighted by molar-refractivity contribution is 7.80. The molecule has 1 aromatic heterocycles. The van der Waals surface area contributed by atoms with E-state index in [2.05, 4.69) is 29.1 Å². The van der Waals surface area contributed by atoms with Gasteiger partial charge in [0.15, 0.2) is 0 Å². The monoisotopic (exact) mass is 266 g/mol. The molecule has 5 heteroatoms. The van der Waals surface area contributed by atoms with Gasteiger partial charge < -0.3 is 11.1 Å². The van der Waals surface area contributed by atoms with Gasteiger partial charge in [0.05, 0.1) is 0 Å². The average Bonchev–Trinajstić information content (AvgIpc) is 2.36. The van der Waals surface area contributed by atoms with Crippen LogP contribution in [0.2, 0.25) is 0 Å². The second-order valence-electron chi connectivity index (χ2n) is 4.40. The summed E-state index contributed by atoms with van der Waals surface area (Å²) in [4.78, 5) is 8.84. The van der Waals surface area contributed by atoms with E-state index in [0.29, 0.717) is 22.7 Å². The van der Waals surface area contributed by atoms with Crippen LogP contribution in [0.3, 0.4) is 0 Å². The fourth-order valence-electron chi connectivity index (χ4n) is 1.84. The van der Waals surface area contributed by atoms with Crippen molar-refractivity contribution in [3.8, 4) is 0 Å². The molecular weight excluding hydrogens is 244 g/mol. The van der Waals surface area contributed by atoms with Gasteiger partial charge in [-0.25, -0.2) is 9.97 Å². The van der Waals surface area contributed by atoms with E-state index in [0.717, 1.165) is 19.3 Å². The molecule has 18 heavy (non-hydrogen) atoms. The molecule has 0 fully saturated rings. The quantitative estimate of drug-likeness (QED) is 0.708. The van der Waals surface area contributed by atoms with Gasteiger partial charge in [-0.15, -0.1) is 0 Å². The van der Waals surface area contributed by atoms with E-state index in [1.807, 2.05) is 0 Å². The second-order valence-corrected chi connectivity index (χ2v) is 4.84. The van der Waals surface area contributed by atoms with Crippen molar-refractivity contribution in [2.24, 2.45) is 5.73 Å². The summed E-state index contributed by atoms with van der Waals surface area (Å²) in [6.45, 7) is 4.39. The number of nitrogens with zero attached hydrogens (tertiary/aromatic N) is 2. The molecule has 0 radical (unpaired) electrons. The normalized spacial score (nSPS) is 12.1. The van der Waals surface area contributed by atoms with Crippen LogP contribution in [0.25, 0.3) is 0 Å². The molecule has 0 aromatic carbocycles.